The number of likely N-dealkylation sites (N-methyl/N-ethyl adjacent to an activating group) is 1. The van der Waals surface area contributed by atoms with Crippen molar-refractivity contribution in [3.05, 3.63) is 28.3 Å². The van der Waals surface area contributed by atoms with Crippen LogP contribution in [0.1, 0.15) is 13.8 Å². The highest BCUT2D eigenvalue weighted by molar-refractivity contribution is 8.02. The van der Waals surface area contributed by atoms with Crippen LogP contribution >= 0.6 is 23.1 Å². The zero-order valence-corrected chi connectivity index (χ0v) is 15.8. The number of nitrogens with zero attached hydrogens (tertiary/aromatic N) is 4. The topological polar surface area (TPSA) is 79.6 Å². The Morgan fingerprint density at radius 1 is 1.40 bits per heavy atom. The number of aromatic nitrogens is 1. The van der Waals surface area contributed by atoms with Gasteiger partial charge in [0, 0.05) is 38.3 Å². The van der Waals surface area contributed by atoms with E-state index in [0.29, 0.717) is 0 Å². The van der Waals surface area contributed by atoms with E-state index in [0.717, 1.165) is 47.3 Å². The van der Waals surface area contributed by atoms with Crippen LogP contribution in [0.5, 0.6) is 0 Å². The van der Waals surface area contributed by atoms with Gasteiger partial charge in [-0.15, -0.1) is 11.3 Å². The number of benzene rings is 1. The summed E-state index contributed by atoms with van der Waals surface area (Å²) in [4.78, 5) is 31.8. The molecule has 1 aromatic carbocycles. The first kappa shape index (κ1) is 18.1. The molecule has 2 aromatic rings. The van der Waals surface area contributed by atoms with Gasteiger partial charge in [-0.2, -0.15) is 0 Å². The fourth-order valence-corrected chi connectivity index (χ4v) is 5.13. The molecule has 7 nitrogen and oxygen atoms in total. The van der Waals surface area contributed by atoms with Gasteiger partial charge in [0.1, 0.15) is 0 Å². The third-order valence-electron chi connectivity index (χ3n) is 4.32. The number of amides is 1. The molecule has 1 atom stereocenters. The van der Waals surface area contributed by atoms with Crippen LogP contribution in [0.15, 0.2) is 22.5 Å². The molecule has 0 saturated carbocycles. The average molecular weight is 380 g/mol. The van der Waals surface area contributed by atoms with Crippen LogP contribution in [-0.2, 0) is 4.79 Å². The first-order chi connectivity index (χ1) is 12.0. The van der Waals surface area contributed by atoms with Crippen LogP contribution < -0.4 is 0 Å². The third-order valence-corrected chi connectivity index (χ3v) is 6.52. The molecule has 25 heavy (non-hydrogen) atoms. The number of piperazine rings is 1. The molecule has 1 fully saturated rings. The van der Waals surface area contributed by atoms with E-state index in [1.807, 2.05) is 11.8 Å². The Balaban J connectivity index is 1.66. The lowest BCUT2D eigenvalue weighted by atomic mass is 10.3. The van der Waals surface area contributed by atoms with Crippen molar-refractivity contribution in [2.75, 3.05) is 32.7 Å². The van der Waals surface area contributed by atoms with Crippen LogP contribution in [0.3, 0.4) is 0 Å². The second-order valence-corrected chi connectivity index (χ2v) is 8.53. The number of nitro benzene ring substituents is 1. The zero-order chi connectivity index (χ0) is 18.0. The number of hydrogen-bond donors (Lipinski definition) is 0. The molecule has 0 spiro atoms. The molecule has 0 radical (unpaired) electrons. The van der Waals surface area contributed by atoms with Crippen molar-refractivity contribution in [2.24, 2.45) is 0 Å². The molecule has 9 heteroatoms. The van der Waals surface area contributed by atoms with E-state index in [2.05, 4.69) is 16.8 Å². The van der Waals surface area contributed by atoms with Crippen molar-refractivity contribution in [2.45, 2.75) is 23.4 Å². The van der Waals surface area contributed by atoms with Crippen molar-refractivity contribution in [1.82, 2.24) is 14.8 Å². The number of nitro groups is 1. The molecule has 0 aliphatic carbocycles. The largest absolute Gasteiger partial charge is 0.339 e. The standard InChI is InChI=1S/C16H20N4O3S2/c1-3-18-6-8-19(9-7-18)15(21)11(2)24-16-17-13-5-4-12(20(22)23)10-14(13)25-16/h4-5,10-11H,3,6-9H2,1-2H3/t11-/m1/s1. The monoisotopic (exact) mass is 380 g/mol. The average Bonchev–Trinajstić information content (AvgIpc) is 3.02. The van der Waals surface area contributed by atoms with Crippen LogP contribution in [-0.4, -0.2) is 63.6 Å². The molecule has 1 aliphatic rings. The lowest BCUT2D eigenvalue weighted by molar-refractivity contribution is -0.384. The number of non-ortho nitro benzene ring substituents is 1. The summed E-state index contributed by atoms with van der Waals surface area (Å²) >= 11 is 2.82. The molecule has 134 valence electrons. The highest BCUT2D eigenvalue weighted by Crippen LogP contribution is 2.34. The summed E-state index contributed by atoms with van der Waals surface area (Å²) < 4.78 is 1.54. The van der Waals surface area contributed by atoms with Gasteiger partial charge in [0.15, 0.2) is 4.34 Å². The predicted octanol–water partition coefficient (Wildman–Crippen LogP) is 2.85. The normalized spacial score (nSPS) is 17.0. The van der Waals surface area contributed by atoms with E-state index in [1.54, 1.807) is 6.07 Å². The van der Waals surface area contributed by atoms with Gasteiger partial charge in [-0.1, -0.05) is 18.7 Å². The molecular formula is C16H20N4O3S2. The van der Waals surface area contributed by atoms with Crippen LogP contribution in [0.25, 0.3) is 10.2 Å². The fraction of sp³-hybridized carbons (Fsp3) is 0.500. The van der Waals surface area contributed by atoms with E-state index in [4.69, 9.17) is 0 Å². The molecule has 0 bridgehead atoms. The van der Waals surface area contributed by atoms with Crippen molar-refractivity contribution in [1.29, 1.82) is 0 Å². The molecular weight excluding hydrogens is 360 g/mol. The van der Waals surface area contributed by atoms with E-state index in [9.17, 15) is 14.9 Å². The first-order valence-corrected chi connectivity index (χ1v) is 9.90. The number of carbonyl (C=O) groups excluding carboxylic acids is 1. The molecule has 2 heterocycles. The van der Waals surface area contributed by atoms with E-state index >= 15 is 0 Å². The number of thioether (sulfide) groups is 1. The molecule has 1 saturated heterocycles. The van der Waals surface area contributed by atoms with E-state index < -0.39 is 4.92 Å². The summed E-state index contributed by atoms with van der Waals surface area (Å²) in [5, 5.41) is 10.7. The number of carbonyl (C=O) groups is 1. The Kier molecular flexibility index (Phi) is 5.55. The fourth-order valence-electron chi connectivity index (χ4n) is 2.80. The second kappa shape index (κ2) is 7.67. The maximum absolute atomic E-state index is 12.6. The predicted molar refractivity (Wildman–Crippen MR) is 100 cm³/mol. The summed E-state index contributed by atoms with van der Waals surface area (Å²) in [6.07, 6.45) is 0. The maximum atomic E-state index is 12.6. The van der Waals surface area contributed by atoms with Gasteiger partial charge in [0.25, 0.3) is 5.69 Å². The Morgan fingerprint density at radius 2 is 2.12 bits per heavy atom. The third kappa shape index (κ3) is 4.10. The lowest BCUT2D eigenvalue weighted by Gasteiger charge is -2.35. The van der Waals surface area contributed by atoms with Crippen LogP contribution in [0.4, 0.5) is 5.69 Å². The molecule has 0 unspecified atom stereocenters. The smallest absolute Gasteiger partial charge is 0.270 e. The van der Waals surface area contributed by atoms with Crippen molar-refractivity contribution >= 4 is 44.9 Å². The Morgan fingerprint density at radius 3 is 2.76 bits per heavy atom. The van der Waals surface area contributed by atoms with E-state index in [1.165, 1.54) is 35.2 Å². The van der Waals surface area contributed by atoms with Crippen molar-refractivity contribution in [3.63, 3.8) is 0 Å². The minimum absolute atomic E-state index is 0.0608. The highest BCUT2D eigenvalue weighted by atomic mass is 32.2. The molecule has 1 aromatic heterocycles. The zero-order valence-electron chi connectivity index (χ0n) is 14.2. The summed E-state index contributed by atoms with van der Waals surface area (Å²) in [5.74, 6) is 0.131. The van der Waals surface area contributed by atoms with Gasteiger partial charge in [0.2, 0.25) is 5.91 Å². The summed E-state index contributed by atoms with van der Waals surface area (Å²) in [6.45, 7) is 8.42. The van der Waals surface area contributed by atoms with Crippen molar-refractivity contribution in [3.8, 4) is 0 Å². The Hall–Kier alpha value is -1.71. The van der Waals surface area contributed by atoms with Gasteiger partial charge < -0.3 is 9.80 Å². The van der Waals surface area contributed by atoms with Gasteiger partial charge in [-0.25, -0.2) is 4.98 Å². The summed E-state index contributed by atoms with van der Waals surface area (Å²) in [5.41, 5.74) is 0.792. The Labute approximate surface area is 154 Å². The second-order valence-electron chi connectivity index (χ2n) is 5.91. The molecule has 1 amide bonds. The highest BCUT2D eigenvalue weighted by Gasteiger charge is 2.26. The van der Waals surface area contributed by atoms with Gasteiger partial charge in [0.05, 0.1) is 20.4 Å². The minimum atomic E-state index is -0.409. The van der Waals surface area contributed by atoms with Gasteiger partial charge in [-0.3, -0.25) is 14.9 Å². The van der Waals surface area contributed by atoms with Crippen LogP contribution in [0, 0.1) is 10.1 Å². The molecule has 1 aliphatic heterocycles. The molecule has 0 N–H and O–H groups in total. The van der Waals surface area contributed by atoms with Crippen molar-refractivity contribution < 1.29 is 9.72 Å². The maximum Gasteiger partial charge on any atom is 0.270 e. The minimum Gasteiger partial charge on any atom is -0.339 e. The first-order valence-electron chi connectivity index (χ1n) is 8.20. The number of thiazole rings is 1. The van der Waals surface area contributed by atoms with E-state index in [-0.39, 0.29) is 16.8 Å². The molecule has 3 rings (SSSR count). The number of fused-ring (bicyclic) bond motifs is 1. The van der Waals surface area contributed by atoms with Gasteiger partial charge in [-0.05, 0) is 19.5 Å². The number of rotatable bonds is 5. The van der Waals surface area contributed by atoms with Gasteiger partial charge >= 0.3 is 0 Å². The Bertz CT molecular complexity index is 787. The number of hydrogen-bond acceptors (Lipinski definition) is 7. The quantitative estimate of drug-likeness (QED) is 0.451. The summed E-state index contributed by atoms with van der Waals surface area (Å²) in [7, 11) is 0. The lowest BCUT2D eigenvalue weighted by Crippen LogP contribution is -2.50. The SMILES string of the molecule is CCN1CCN(C(=O)[C@@H](C)Sc2nc3ccc([N+](=O)[O-])cc3s2)CC1. The van der Waals surface area contributed by atoms with Crippen LogP contribution in [0.2, 0.25) is 0 Å². The summed E-state index contributed by atoms with van der Waals surface area (Å²) in [6, 6.07) is 4.65.